The highest BCUT2D eigenvalue weighted by Crippen LogP contribution is 2.17. The molecule has 0 aliphatic carbocycles. The van der Waals surface area contributed by atoms with Gasteiger partial charge in [0, 0.05) is 26.3 Å². The number of imidazole rings is 1. The lowest BCUT2D eigenvalue weighted by molar-refractivity contribution is -0.121. The fourth-order valence-electron chi connectivity index (χ4n) is 3.19. The summed E-state index contributed by atoms with van der Waals surface area (Å²) in [6, 6.07) is 13.6. The first-order valence-corrected chi connectivity index (χ1v) is 10.8. The second-order valence-electron chi connectivity index (χ2n) is 6.86. The van der Waals surface area contributed by atoms with E-state index in [-0.39, 0.29) is 35.5 Å². The van der Waals surface area contributed by atoms with Crippen molar-refractivity contribution in [3.63, 3.8) is 0 Å². The van der Waals surface area contributed by atoms with Crippen molar-refractivity contribution >= 4 is 26.8 Å². The third kappa shape index (κ3) is 4.01. The zero-order valence-corrected chi connectivity index (χ0v) is 16.9. The van der Waals surface area contributed by atoms with E-state index < -0.39 is 9.84 Å². The van der Waals surface area contributed by atoms with Crippen molar-refractivity contribution in [2.75, 3.05) is 6.26 Å². The van der Waals surface area contributed by atoms with E-state index in [4.69, 9.17) is 0 Å². The molecule has 8 heteroatoms. The van der Waals surface area contributed by atoms with Crippen LogP contribution in [0.15, 0.2) is 58.2 Å². The van der Waals surface area contributed by atoms with Gasteiger partial charge in [-0.2, -0.15) is 0 Å². The standard InChI is InChI=1S/C20H23N3O4S/c1-14(15-8-10-16(11-9-15)28(3,26)27)21-19(24)12-13-23-18-7-5-4-6-17(18)22(2)20(23)25/h4-11,14H,12-13H2,1-3H3,(H,21,24). The first-order chi connectivity index (χ1) is 13.2. The molecule has 0 radical (unpaired) electrons. The number of sulfone groups is 1. The highest BCUT2D eigenvalue weighted by molar-refractivity contribution is 7.90. The summed E-state index contributed by atoms with van der Waals surface area (Å²) in [5.74, 6) is -0.181. The second-order valence-corrected chi connectivity index (χ2v) is 8.88. The Morgan fingerprint density at radius 2 is 1.68 bits per heavy atom. The van der Waals surface area contributed by atoms with Crippen molar-refractivity contribution in [1.82, 2.24) is 14.5 Å². The van der Waals surface area contributed by atoms with Crippen LogP contribution in [0.3, 0.4) is 0 Å². The Hall–Kier alpha value is -2.87. The maximum atomic E-state index is 12.4. The number of fused-ring (bicyclic) bond motifs is 1. The summed E-state index contributed by atoms with van der Waals surface area (Å²) in [5.41, 5.74) is 2.28. The van der Waals surface area contributed by atoms with Gasteiger partial charge in [-0.25, -0.2) is 13.2 Å². The summed E-state index contributed by atoms with van der Waals surface area (Å²) in [6.45, 7) is 2.11. The number of rotatable bonds is 6. The van der Waals surface area contributed by atoms with E-state index in [1.165, 1.54) is 12.1 Å². The summed E-state index contributed by atoms with van der Waals surface area (Å²) >= 11 is 0. The fraction of sp³-hybridized carbons (Fsp3) is 0.300. The highest BCUT2D eigenvalue weighted by atomic mass is 32.2. The number of benzene rings is 2. The van der Waals surface area contributed by atoms with Crippen molar-refractivity contribution in [2.24, 2.45) is 7.05 Å². The molecule has 148 valence electrons. The van der Waals surface area contributed by atoms with Gasteiger partial charge in [0.15, 0.2) is 9.84 Å². The number of aromatic nitrogens is 2. The maximum Gasteiger partial charge on any atom is 0.328 e. The molecule has 7 nitrogen and oxygen atoms in total. The average Bonchev–Trinajstić information content (AvgIpc) is 2.90. The molecule has 1 N–H and O–H groups in total. The Bertz CT molecular complexity index is 1170. The number of nitrogens with zero attached hydrogens (tertiary/aromatic N) is 2. The smallest absolute Gasteiger partial charge is 0.328 e. The number of hydrogen-bond donors (Lipinski definition) is 1. The predicted molar refractivity (Wildman–Crippen MR) is 108 cm³/mol. The molecule has 0 saturated carbocycles. The summed E-state index contributed by atoms with van der Waals surface area (Å²) < 4.78 is 26.2. The quantitative estimate of drug-likeness (QED) is 0.684. The van der Waals surface area contributed by atoms with Crippen LogP contribution in [-0.4, -0.2) is 29.7 Å². The molecular formula is C20H23N3O4S. The molecule has 28 heavy (non-hydrogen) atoms. The third-order valence-corrected chi connectivity index (χ3v) is 5.93. The fourth-order valence-corrected chi connectivity index (χ4v) is 3.82. The van der Waals surface area contributed by atoms with E-state index >= 15 is 0 Å². The summed E-state index contributed by atoms with van der Waals surface area (Å²) in [7, 11) is -1.54. The molecule has 1 heterocycles. The van der Waals surface area contributed by atoms with E-state index in [1.807, 2.05) is 31.2 Å². The SMILES string of the molecule is CC(NC(=O)CCn1c(=O)n(C)c2ccccc21)c1ccc(S(C)(=O)=O)cc1. The number of carbonyl (C=O) groups excluding carboxylic acids is 1. The van der Waals surface area contributed by atoms with Crippen molar-refractivity contribution < 1.29 is 13.2 Å². The van der Waals surface area contributed by atoms with Crippen molar-refractivity contribution in [2.45, 2.75) is 30.8 Å². The molecule has 0 saturated heterocycles. The Labute approximate surface area is 163 Å². The Balaban J connectivity index is 1.66. The minimum absolute atomic E-state index is 0.154. The number of carbonyl (C=O) groups is 1. The Morgan fingerprint density at radius 3 is 2.29 bits per heavy atom. The first kappa shape index (κ1) is 19.9. The van der Waals surface area contributed by atoms with Gasteiger partial charge < -0.3 is 5.32 Å². The van der Waals surface area contributed by atoms with Crippen LogP contribution in [0, 0.1) is 0 Å². The first-order valence-electron chi connectivity index (χ1n) is 8.92. The largest absolute Gasteiger partial charge is 0.350 e. The molecular weight excluding hydrogens is 378 g/mol. The number of hydrogen-bond acceptors (Lipinski definition) is 4. The molecule has 0 aliphatic heterocycles. The number of nitrogens with one attached hydrogen (secondary N) is 1. The van der Waals surface area contributed by atoms with E-state index in [1.54, 1.807) is 28.3 Å². The zero-order valence-electron chi connectivity index (χ0n) is 16.0. The van der Waals surface area contributed by atoms with Crippen LogP contribution in [0.1, 0.15) is 24.9 Å². The number of amides is 1. The molecule has 3 rings (SSSR count). The second kappa shape index (κ2) is 7.63. The van der Waals surface area contributed by atoms with Gasteiger partial charge in [-0.1, -0.05) is 24.3 Å². The maximum absolute atomic E-state index is 12.4. The molecule has 1 aromatic heterocycles. The number of aryl methyl sites for hydroxylation is 2. The molecule has 1 amide bonds. The molecule has 0 aliphatic rings. The normalized spacial score (nSPS) is 12.8. The molecule has 2 aromatic carbocycles. The average molecular weight is 401 g/mol. The molecule has 0 fully saturated rings. The van der Waals surface area contributed by atoms with Crippen LogP contribution in [0.5, 0.6) is 0 Å². The van der Waals surface area contributed by atoms with Crippen molar-refractivity contribution in [1.29, 1.82) is 0 Å². The van der Waals surface area contributed by atoms with Crippen LogP contribution < -0.4 is 11.0 Å². The van der Waals surface area contributed by atoms with Crippen LogP contribution in [0.4, 0.5) is 0 Å². The van der Waals surface area contributed by atoms with Gasteiger partial charge in [0.2, 0.25) is 5.91 Å². The molecule has 1 atom stereocenters. The van der Waals surface area contributed by atoms with E-state index in [2.05, 4.69) is 5.32 Å². The Morgan fingerprint density at radius 1 is 1.07 bits per heavy atom. The van der Waals surface area contributed by atoms with Gasteiger partial charge in [0.05, 0.1) is 22.0 Å². The van der Waals surface area contributed by atoms with E-state index in [0.717, 1.165) is 22.9 Å². The van der Waals surface area contributed by atoms with Crippen LogP contribution in [0.2, 0.25) is 0 Å². The summed E-state index contributed by atoms with van der Waals surface area (Å²) in [6.07, 6.45) is 1.32. The van der Waals surface area contributed by atoms with Gasteiger partial charge in [0.1, 0.15) is 0 Å². The van der Waals surface area contributed by atoms with E-state index in [0.29, 0.717) is 0 Å². The topological polar surface area (TPSA) is 90.2 Å². The van der Waals surface area contributed by atoms with Gasteiger partial charge in [-0.15, -0.1) is 0 Å². The lowest BCUT2D eigenvalue weighted by Crippen LogP contribution is -2.29. The summed E-state index contributed by atoms with van der Waals surface area (Å²) in [4.78, 5) is 25.0. The zero-order chi connectivity index (χ0) is 20.5. The van der Waals surface area contributed by atoms with Crippen molar-refractivity contribution in [3.05, 3.63) is 64.6 Å². The molecule has 0 bridgehead atoms. The minimum atomic E-state index is -3.25. The minimum Gasteiger partial charge on any atom is -0.350 e. The van der Waals surface area contributed by atoms with Gasteiger partial charge in [-0.3, -0.25) is 13.9 Å². The predicted octanol–water partition coefficient (Wildman–Crippen LogP) is 2.01. The van der Waals surface area contributed by atoms with Crippen LogP contribution in [-0.2, 0) is 28.2 Å². The Kier molecular flexibility index (Phi) is 5.42. The van der Waals surface area contributed by atoms with E-state index in [9.17, 15) is 18.0 Å². The van der Waals surface area contributed by atoms with Crippen LogP contribution in [0.25, 0.3) is 11.0 Å². The lowest BCUT2D eigenvalue weighted by Gasteiger charge is -2.15. The highest BCUT2D eigenvalue weighted by Gasteiger charge is 2.14. The lowest BCUT2D eigenvalue weighted by atomic mass is 10.1. The molecule has 1 unspecified atom stereocenters. The van der Waals surface area contributed by atoms with Crippen LogP contribution >= 0.6 is 0 Å². The number of para-hydroxylation sites is 2. The van der Waals surface area contributed by atoms with Gasteiger partial charge >= 0.3 is 5.69 Å². The monoisotopic (exact) mass is 401 g/mol. The summed E-state index contributed by atoms with van der Waals surface area (Å²) in [5, 5.41) is 2.89. The van der Waals surface area contributed by atoms with Crippen molar-refractivity contribution in [3.8, 4) is 0 Å². The van der Waals surface area contributed by atoms with Gasteiger partial charge in [0.25, 0.3) is 0 Å². The molecule has 3 aromatic rings. The van der Waals surface area contributed by atoms with Gasteiger partial charge in [-0.05, 0) is 36.8 Å². The molecule has 0 spiro atoms. The third-order valence-electron chi connectivity index (χ3n) is 4.80.